The quantitative estimate of drug-likeness (QED) is 0.920. The van der Waals surface area contributed by atoms with E-state index in [2.05, 4.69) is 15.0 Å². The molecule has 0 aromatic carbocycles. The van der Waals surface area contributed by atoms with Crippen LogP contribution < -0.4 is 10.5 Å². The van der Waals surface area contributed by atoms with Crippen LogP contribution in [0.25, 0.3) is 10.6 Å². The average Bonchev–Trinajstić information content (AvgIpc) is 2.87. The number of anilines is 1. The van der Waals surface area contributed by atoms with Crippen LogP contribution in [0.3, 0.4) is 0 Å². The minimum Gasteiger partial charge on any atom is -0.458 e. The van der Waals surface area contributed by atoms with Gasteiger partial charge in [0.15, 0.2) is 5.13 Å². The maximum Gasteiger partial charge on any atom is 0.317 e. The second-order valence-corrected chi connectivity index (χ2v) is 5.31. The van der Waals surface area contributed by atoms with Gasteiger partial charge >= 0.3 is 6.01 Å². The van der Waals surface area contributed by atoms with Gasteiger partial charge in [-0.3, -0.25) is 0 Å². The fourth-order valence-electron chi connectivity index (χ4n) is 1.89. The van der Waals surface area contributed by atoms with Gasteiger partial charge in [0.25, 0.3) is 0 Å². The minimum atomic E-state index is 0.0375. The van der Waals surface area contributed by atoms with E-state index in [1.54, 1.807) is 12.4 Å². The maximum atomic E-state index is 5.73. The van der Waals surface area contributed by atoms with Gasteiger partial charge < -0.3 is 15.2 Å². The van der Waals surface area contributed by atoms with Crippen molar-refractivity contribution in [1.29, 1.82) is 0 Å². The third kappa shape index (κ3) is 2.99. The molecule has 2 N–H and O–H groups in total. The van der Waals surface area contributed by atoms with Crippen LogP contribution in [0.1, 0.15) is 12.8 Å². The van der Waals surface area contributed by atoms with Crippen LogP contribution in [0.15, 0.2) is 18.5 Å². The smallest absolute Gasteiger partial charge is 0.317 e. The number of thiazole rings is 1. The maximum absolute atomic E-state index is 5.73. The molecule has 100 valence electrons. The van der Waals surface area contributed by atoms with Crippen LogP contribution in [0.4, 0.5) is 5.13 Å². The summed E-state index contributed by atoms with van der Waals surface area (Å²) in [5.41, 5.74) is 6.39. The fraction of sp³-hybridized carbons (Fsp3) is 0.417. The summed E-state index contributed by atoms with van der Waals surface area (Å²) in [5.74, 6) is 0. The number of hydrogen-bond donors (Lipinski definition) is 1. The van der Waals surface area contributed by atoms with E-state index in [1.165, 1.54) is 11.3 Å². The molecule has 2 aromatic rings. The van der Waals surface area contributed by atoms with Crippen LogP contribution in [0.2, 0.25) is 0 Å². The van der Waals surface area contributed by atoms with Gasteiger partial charge in [-0.1, -0.05) is 11.3 Å². The van der Waals surface area contributed by atoms with E-state index in [0.29, 0.717) is 17.7 Å². The van der Waals surface area contributed by atoms with E-state index < -0.39 is 0 Å². The number of nitrogens with two attached hydrogens (primary N) is 1. The van der Waals surface area contributed by atoms with Crippen molar-refractivity contribution in [3.63, 3.8) is 0 Å². The molecule has 1 aliphatic rings. The van der Waals surface area contributed by atoms with Crippen molar-refractivity contribution in [3.05, 3.63) is 18.5 Å². The molecule has 0 aliphatic carbocycles. The molecule has 6 nitrogen and oxygen atoms in total. The topological polar surface area (TPSA) is 83.2 Å². The molecule has 19 heavy (non-hydrogen) atoms. The summed E-state index contributed by atoms with van der Waals surface area (Å²) >= 11 is 1.39. The van der Waals surface area contributed by atoms with Crippen LogP contribution >= 0.6 is 11.3 Å². The highest BCUT2D eigenvalue weighted by Gasteiger charge is 2.17. The average molecular weight is 278 g/mol. The first-order valence-electron chi connectivity index (χ1n) is 6.10. The zero-order valence-electron chi connectivity index (χ0n) is 10.3. The van der Waals surface area contributed by atoms with Crippen LogP contribution in [0.5, 0.6) is 6.01 Å². The Morgan fingerprint density at radius 3 is 3.11 bits per heavy atom. The Labute approximate surface area is 114 Å². The first-order chi connectivity index (χ1) is 9.31. The fourth-order valence-corrected chi connectivity index (χ4v) is 2.55. The Morgan fingerprint density at radius 1 is 1.42 bits per heavy atom. The number of hydrogen-bond acceptors (Lipinski definition) is 7. The van der Waals surface area contributed by atoms with Crippen LogP contribution in [-0.4, -0.2) is 34.3 Å². The van der Waals surface area contributed by atoms with Gasteiger partial charge in [-0.2, -0.15) is 4.98 Å². The molecular weight excluding hydrogens is 264 g/mol. The monoisotopic (exact) mass is 278 g/mol. The van der Waals surface area contributed by atoms with E-state index in [4.69, 9.17) is 15.2 Å². The van der Waals surface area contributed by atoms with Gasteiger partial charge in [-0.25, -0.2) is 9.97 Å². The lowest BCUT2D eigenvalue weighted by atomic mass is 10.2. The van der Waals surface area contributed by atoms with Crippen LogP contribution in [-0.2, 0) is 4.74 Å². The highest BCUT2D eigenvalue weighted by Crippen LogP contribution is 2.26. The number of ether oxygens (including phenoxy) is 2. The molecular formula is C12H14N4O2S. The zero-order valence-corrected chi connectivity index (χ0v) is 11.1. The Morgan fingerprint density at radius 2 is 2.37 bits per heavy atom. The number of nitrogen functional groups attached to an aromatic ring is 1. The number of aromatic nitrogens is 3. The summed E-state index contributed by atoms with van der Waals surface area (Å²) in [6.07, 6.45) is 5.40. The molecule has 1 atom stereocenters. The predicted octanol–water partition coefficient (Wildman–Crippen LogP) is 1.74. The van der Waals surface area contributed by atoms with E-state index in [1.807, 2.05) is 6.07 Å². The summed E-state index contributed by atoms with van der Waals surface area (Å²) in [6.45, 7) is 1.40. The Balaban J connectivity index is 1.75. The van der Waals surface area contributed by atoms with Crippen molar-refractivity contribution >= 4 is 16.5 Å². The van der Waals surface area contributed by atoms with Crippen molar-refractivity contribution in [2.75, 3.05) is 18.9 Å². The van der Waals surface area contributed by atoms with E-state index >= 15 is 0 Å². The second-order valence-electron chi connectivity index (χ2n) is 4.24. The molecule has 3 heterocycles. The SMILES string of the molecule is Nc1ncc(-c2ccnc(O[C@H]3CCCOC3)n2)s1. The molecule has 0 bridgehead atoms. The summed E-state index contributed by atoms with van der Waals surface area (Å²) in [7, 11) is 0. The van der Waals surface area contributed by atoms with Gasteiger partial charge in [-0.05, 0) is 18.9 Å². The minimum absolute atomic E-state index is 0.0375. The Kier molecular flexibility index (Phi) is 3.56. The van der Waals surface area contributed by atoms with Crippen molar-refractivity contribution in [2.24, 2.45) is 0 Å². The Hall–Kier alpha value is -1.73. The molecule has 2 aromatic heterocycles. The van der Waals surface area contributed by atoms with Gasteiger partial charge in [0.2, 0.25) is 0 Å². The van der Waals surface area contributed by atoms with Gasteiger partial charge in [0.1, 0.15) is 6.10 Å². The summed E-state index contributed by atoms with van der Waals surface area (Å²) in [6, 6.07) is 2.19. The molecule has 0 unspecified atom stereocenters. The van der Waals surface area contributed by atoms with Crippen molar-refractivity contribution in [3.8, 4) is 16.6 Å². The molecule has 0 amide bonds. The van der Waals surface area contributed by atoms with Gasteiger partial charge in [0.05, 0.1) is 17.2 Å². The standard InChI is InChI=1S/C12H14N4O2S/c13-11-15-6-10(19-11)9-3-4-14-12(16-9)18-8-2-1-5-17-7-8/h3-4,6,8H,1-2,5,7H2,(H2,13,15)/t8-/m0/s1. The number of rotatable bonds is 3. The largest absolute Gasteiger partial charge is 0.458 e. The molecule has 0 spiro atoms. The van der Waals surface area contributed by atoms with Gasteiger partial charge in [-0.15, -0.1) is 0 Å². The summed E-state index contributed by atoms with van der Waals surface area (Å²) in [5, 5.41) is 0.525. The van der Waals surface area contributed by atoms with E-state index in [0.717, 1.165) is 30.0 Å². The molecule has 3 rings (SSSR count). The first kappa shape index (κ1) is 12.3. The molecule has 1 saturated heterocycles. The van der Waals surface area contributed by atoms with Crippen LogP contribution in [0, 0.1) is 0 Å². The lowest BCUT2D eigenvalue weighted by Crippen LogP contribution is -2.28. The first-order valence-corrected chi connectivity index (χ1v) is 6.92. The highest BCUT2D eigenvalue weighted by atomic mass is 32.1. The lowest BCUT2D eigenvalue weighted by Gasteiger charge is -2.22. The predicted molar refractivity (Wildman–Crippen MR) is 72.0 cm³/mol. The van der Waals surface area contributed by atoms with Crippen molar-refractivity contribution < 1.29 is 9.47 Å². The van der Waals surface area contributed by atoms with E-state index in [9.17, 15) is 0 Å². The Bertz CT molecular complexity index is 554. The molecule has 0 saturated carbocycles. The third-order valence-corrected chi connectivity index (χ3v) is 3.65. The van der Waals surface area contributed by atoms with Crippen molar-refractivity contribution in [1.82, 2.24) is 15.0 Å². The number of nitrogens with zero attached hydrogens (tertiary/aromatic N) is 3. The van der Waals surface area contributed by atoms with E-state index in [-0.39, 0.29) is 6.10 Å². The zero-order chi connectivity index (χ0) is 13.1. The van der Waals surface area contributed by atoms with Crippen molar-refractivity contribution in [2.45, 2.75) is 18.9 Å². The molecule has 1 fully saturated rings. The molecule has 0 radical (unpaired) electrons. The van der Waals surface area contributed by atoms with Gasteiger partial charge in [0, 0.05) is 19.0 Å². The normalized spacial score (nSPS) is 19.3. The second kappa shape index (κ2) is 5.50. The lowest BCUT2D eigenvalue weighted by molar-refractivity contribution is 0.00342. The third-order valence-electron chi connectivity index (χ3n) is 2.80. The summed E-state index contributed by atoms with van der Waals surface area (Å²) < 4.78 is 11.1. The highest BCUT2D eigenvalue weighted by molar-refractivity contribution is 7.18. The summed E-state index contributed by atoms with van der Waals surface area (Å²) in [4.78, 5) is 13.4. The molecule has 1 aliphatic heterocycles. The molecule has 7 heteroatoms.